The van der Waals surface area contributed by atoms with Crippen molar-refractivity contribution < 1.29 is 14.4 Å². The van der Waals surface area contributed by atoms with Gasteiger partial charge < -0.3 is 20.9 Å². The molecule has 29 heavy (non-hydrogen) atoms. The Bertz CT molecular complexity index is 804. The van der Waals surface area contributed by atoms with E-state index in [0.717, 1.165) is 56.7 Å². The van der Waals surface area contributed by atoms with Crippen LogP contribution in [0.25, 0.3) is 0 Å². The van der Waals surface area contributed by atoms with Gasteiger partial charge in [0.1, 0.15) is 6.04 Å². The van der Waals surface area contributed by atoms with E-state index in [-0.39, 0.29) is 24.1 Å². The minimum absolute atomic E-state index is 0.130. The summed E-state index contributed by atoms with van der Waals surface area (Å²) in [6.07, 6.45) is 3.79. The summed E-state index contributed by atoms with van der Waals surface area (Å²) in [7, 11) is 0. The van der Waals surface area contributed by atoms with Crippen molar-refractivity contribution in [2.75, 3.05) is 31.5 Å². The first-order valence-electron chi connectivity index (χ1n) is 10.5. The van der Waals surface area contributed by atoms with Gasteiger partial charge in [-0.2, -0.15) is 0 Å². The number of carbonyl (C=O) groups is 3. The average molecular weight is 399 g/mol. The van der Waals surface area contributed by atoms with Gasteiger partial charge in [0.15, 0.2) is 0 Å². The fraction of sp³-hybridized carbons (Fsp3) is 0.571. The number of amides is 3. The molecule has 3 amide bonds. The number of imide groups is 1. The molecule has 0 spiro atoms. The van der Waals surface area contributed by atoms with E-state index in [0.29, 0.717) is 24.6 Å². The van der Waals surface area contributed by atoms with Gasteiger partial charge in [-0.1, -0.05) is 6.07 Å². The van der Waals surface area contributed by atoms with Gasteiger partial charge in [0.25, 0.3) is 5.91 Å². The second-order valence-corrected chi connectivity index (χ2v) is 8.13. The topological polar surface area (TPSA) is 108 Å². The quantitative estimate of drug-likeness (QED) is 0.607. The molecule has 2 fully saturated rings. The summed E-state index contributed by atoms with van der Waals surface area (Å²) in [5, 5.41) is 5.99. The number of hydrogen-bond acceptors (Lipinski definition) is 6. The predicted molar refractivity (Wildman–Crippen MR) is 109 cm³/mol. The lowest BCUT2D eigenvalue weighted by Crippen LogP contribution is -2.52. The van der Waals surface area contributed by atoms with Gasteiger partial charge in [0.05, 0.1) is 0 Å². The number of benzene rings is 1. The van der Waals surface area contributed by atoms with E-state index in [9.17, 15) is 14.4 Å². The monoisotopic (exact) mass is 399 g/mol. The molecule has 3 heterocycles. The number of fused-ring (bicyclic) bond motifs is 1. The third-order valence-corrected chi connectivity index (χ3v) is 6.21. The van der Waals surface area contributed by atoms with E-state index >= 15 is 0 Å². The number of anilines is 1. The van der Waals surface area contributed by atoms with Gasteiger partial charge in [-0.25, -0.2) is 0 Å². The summed E-state index contributed by atoms with van der Waals surface area (Å²) in [6.45, 7) is 4.28. The maximum Gasteiger partial charge on any atom is 0.255 e. The van der Waals surface area contributed by atoms with E-state index in [4.69, 9.17) is 5.73 Å². The minimum atomic E-state index is -0.578. The Hall–Kier alpha value is -2.45. The molecule has 2 saturated heterocycles. The normalized spacial score (nSPS) is 23.3. The van der Waals surface area contributed by atoms with Gasteiger partial charge in [0.2, 0.25) is 11.8 Å². The summed E-state index contributed by atoms with van der Waals surface area (Å²) in [5.74, 6) is -0.771. The fourth-order valence-corrected chi connectivity index (χ4v) is 4.56. The van der Waals surface area contributed by atoms with Crippen molar-refractivity contribution in [3.8, 4) is 0 Å². The number of hydrogen-bond donors (Lipinski definition) is 3. The number of nitrogens with two attached hydrogens (primary N) is 1. The Morgan fingerprint density at radius 1 is 1.14 bits per heavy atom. The molecule has 1 unspecified atom stereocenters. The van der Waals surface area contributed by atoms with Crippen LogP contribution in [0.3, 0.4) is 0 Å². The molecule has 8 nitrogen and oxygen atoms in total. The Morgan fingerprint density at radius 3 is 2.66 bits per heavy atom. The van der Waals surface area contributed by atoms with Gasteiger partial charge >= 0.3 is 0 Å². The van der Waals surface area contributed by atoms with Crippen LogP contribution in [-0.2, 0) is 16.1 Å². The van der Waals surface area contributed by atoms with Crippen LogP contribution in [0.2, 0.25) is 0 Å². The number of carbonyl (C=O) groups excluding carboxylic acids is 3. The summed E-state index contributed by atoms with van der Waals surface area (Å²) in [6, 6.07) is 5.52. The van der Waals surface area contributed by atoms with Gasteiger partial charge in [-0.15, -0.1) is 0 Å². The third-order valence-electron chi connectivity index (χ3n) is 6.21. The van der Waals surface area contributed by atoms with Crippen molar-refractivity contribution in [1.82, 2.24) is 15.1 Å². The number of likely N-dealkylation sites (tertiary alicyclic amines) is 1. The Kier molecular flexibility index (Phi) is 5.82. The Morgan fingerprint density at radius 2 is 1.93 bits per heavy atom. The predicted octanol–water partition coefficient (Wildman–Crippen LogP) is 0.673. The van der Waals surface area contributed by atoms with Crippen LogP contribution in [-0.4, -0.2) is 65.8 Å². The zero-order chi connectivity index (χ0) is 20.4. The fourth-order valence-electron chi connectivity index (χ4n) is 4.56. The van der Waals surface area contributed by atoms with E-state index in [1.165, 1.54) is 0 Å². The second-order valence-electron chi connectivity index (χ2n) is 8.13. The van der Waals surface area contributed by atoms with Crippen LogP contribution < -0.4 is 16.4 Å². The summed E-state index contributed by atoms with van der Waals surface area (Å²) >= 11 is 0. The highest BCUT2D eigenvalue weighted by molar-refractivity contribution is 6.06. The molecule has 4 rings (SSSR count). The molecule has 0 aliphatic carbocycles. The Balaban J connectivity index is 1.42. The molecule has 156 valence electrons. The van der Waals surface area contributed by atoms with Crippen molar-refractivity contribution in [3.05, 3.63) is 29.3 Å². The molecule has 0 saturated carbocycles. The average Bonchev–Trinajstić information content (AvgIpc) is 3.05. The van der Waals surface area contributed by atoms with Crippen LogP contribution in [0.1, 0.15) is 48.0 Å². The summed E-state index contributed by atoms with van der Waals surface area (Å²) in [4.78, 5) is 40.7. The van der Waals surface area contributed by atoms with Crippen molar-refractivity contribution in [2.45, 2.75) is 50.7 Å². The lowest BCUT2D eigenvalue weighted by molar-refractivity contribution is -0.136. The summed E-state index contributed by atoms with van der Waals surface area (Å²) < 4.78 is 0. The van der Waals surface area contributed by atoms with Crippen molar-refractivity contribution in [2.24, 2.45) is 5.73 Å². The second kappa shape index (κ2) is 8.51. The highest BCUT2D eigenvalue weighted by atomic mass is 16.2. The molecule has 4 N–H and O–H groups in total. The molecular formula is C21H29N5O3. The van der Waals surface area contributed by atoms with Crippen molar-refractivity contribution in [1.29, 1.82) is 0 Å². The molecule has 3 aliphatic heterocycles. The van der Waals surface area contributed by atoms with Crippen molar-refractivity contribution >= 4 is 23.4 Å². The summed E-state index contributed by atoms with van der Waals surface area (Å²) in [5.41, 5.74) is 8.19. The zero-order valence-corrected chi connectivity index (χ0v) is 16.7. The lowest BCUT2D eigenvalue weighted by Gasteiger charge is -2.33. The van der Waals surface area contributed by atoms with E-state index in [1.54, 1.807) is 4.90 Å². The van der Waals surface area contributed by atoms with Crippen LogP contribution in [0.15, 0.2) is 18.2 Å². The van der Waals surface area contributed by atoms with Gasteiger partial charge in [-0.05, 0) is 50.9 Å². The molecule has 8 heteroatoms. The molecule has 0 aromatic heterocycles. The smallest absolute Gasteiger partial charge is 0.255 e. The van der Waals surface area contributed by atoms with Crippen LogP contribution in [0.5, 0.6) is 0 Å². The van der Waals surface area contributed by atoms with Crippen LogP contribution in [0, 0.1) is 0 Å². The van der Waals surface area contributed by atoms with Crippen LogP contribution in [0.4, 0.5) is 5.69 Å². The number of nitrogens with one attached hydrogen (secondary N) is 2. The molecule has 3 aliphatic rings. The van der Waals surface area contributed by atoms with E-state index < -0.39 is 6.04 Å². The van der Waals surface area contributed by atoms with Crippen molar-refractivity contribution in [3.63, 3.8) is 0 Å². The first-order chi connectivity index (χ1) is 14.1. The number of nitrogens with zero attached hydrogens (tertiary/aromatic N) is 2. The standard InChI is InChI=1S/C21H29N5O3/c22-9-2-10-25-11-7-14(8-12-25)23-17-4-1-3-15-16(17)13-26(21(15)29)18-5-6-19(27)24-20(18)28/h1,3-4,14,18,23H,2,5-13,22H2,(H,24,27,28). The third kappa shape index (κ3) is 4.13. The molecule has 1 atom stereocenters. The maximum absolute atomic E-state index is 12.9. The van der Waals surface area contributed by atoms with E-state index in [2.05, 4.69) is 15.5 Å². The van der Waals surface area contributed by atoms with Gasteiger partial charge in [0, 0.05) is 48.9 Å². The molecular weight excluding hydrogens is 370 g/mol. The van der Waals surface area contributed by atoms with Gasteiger partial charge in [-0.3, -0.25) is 19.7 Å². The number of piperidine rings is 2. The lowest BCUT2D eigenvalue weighted by atomic mass is 10.0. The number of rotatable bonds is 6. The molecule has 0 bridgehead atoms. The Labute approximate surface area is 170 Å². The first kappa shape index (κ1) is 19.8. The maximum atomic E-state index is 12.9. The molecule has 1 aromatic carbocycles. The highest BCUT2D eigenvalue weighted by Crippen LogP contribution is 2.33. The molecule has 1 aromatic rings. The largest absolute Gasteiger partial charge is 0.382 e. The van der Waals surface area contributed by atoms with Crippen LogP contribution >= 0.6 is 0 Å². The SMILES string of the molecule is NCCCN1CCC(Nc2cccc3c2CN(C2CCC(=O)NC2=O)C3=O)CC1. The molecule has 0 radical (unpaired) electrons. The van der Waals surface area contributed by atoms with E-state index in [1.807, 2.05) is 18.2 Å². The first-order valence-corrected chi connectivity index (χ1v) is 10.5. The minimum Gasteiger partial charge on any atom is -0.382 e. The highest BCUT2D eigenvalue weighted by Gasteiger charge is 2.40. The zero-order valence-electron chi connectivity index (χ0n) is 16.7.